The summed E-state index contributed by atoms with van der Waals surface area (Å²) in [5.41, 5.74) is 0.692. The second-order valence-electron chi connectivity index (χ2n) is 5.44. The van der Waals surface area contributed by atoms with Gasteiger partial charge in [0.25, 0.3) is 11.8 Å². The van der Waals surface area contributed by atoms with E-state index >= 15 is 0 Å². The lowest BCUT2D eigenvalue weighted by Crippen LogP contribution is -3.14. The summed E-state index contributed by atoms with van der Waals surface area (Å²) in [7, 11) is 1.58. The Labute approximate surface area is 138 Å². The molecule has 1 atom stereocenters. The van der Waals surface area contributed by atoms with Gasteiger partial charge in [0.1, 0.15) is 5.75 Å². The average Bonchev–Trinajstić information content (AvgIpc) is 2.54. The summed E-state index contributed by atoms with van der Waals surface area (Å²) in [6.07, 6.45) is 2.02. The molecular weight excluding hydrogens is 294 g/mol. The van der Waals surface area contributed by atoms with E-state index in [1.807, 2.05) is 25.1 Å². The van der Waals surface area contributed by atoms with E-state index in [1.54, 1.807) is 13.2 Å². The molecule has 0 aliphatic rings. The van der Waals surface area contributed by atoms with Crippen molar-refractivity contribution < 1.29 is 19.2 Å². The quantitative estimate of drug-likeness (QED) is 0.548. The lowest BCUT2D eigenvalue weighted by atomic mass is 10.3. The molecule has 3 N–H and O–H groups in total. The largest absolute Gasteiger partial charge is 0.497 e. The summed E-state index contributed by atoms with van der Waals surface area (Å²) in [6, 6.07) is 7.21. The molecule has 6 heteroatoms. The van der Waals surface area contributed by atoms with E-state index < -0.39 is 0 Å². The molecule has 0 heterocycles. The minimum atomic E-state index is -0.114. The Morgan fingerprint density at radius 2 is 1.91 bits per heavy atom. The minimum absolute atomic E-state index is 0.00974. The number of benzene rings is 1. The van der Waals surface area contributed by atoms with Crippen LogP contribution in [-0.2, 0) is 9.59 Å². The van der Waals surface area contributed by atoms with Crippen molar-refractivity contribution in [3.63, 3.8) is 0 Å². The van der Waals surface area contributed by atoms with Gasteiger partial charge in [0, 0.05) is 18.3 Å². The van der Waals surface area contributed by atoms with Crippen LogP contribution in [-0.4, -0.2) is 45.1 Å². The van der Waals surface area contributed by atoms with Gasteiger partial charge in [-0.3, -0.25) is 9.59 Å². The number of rotatable bonds is 10. The number of methoxy groups -OCH3 is 1. The predicted octanol–water partition coefficient (Wildman–Crippen LogP) is 0.455. The second-order valence-corrected chi connectivity index (χ2v) is 5.44. The van der Waals surface area contributed by atoms with Crippen LogP contribution in [0.5, 0.6) is 5.75 Å². The number of nitrogens with one attached hydrogen (secondary N) is 3. The Morgan fingerprint density at radius 1 is 1.17 bits per heavy atom. The highest BCUT2D eigenvalue weighted by Gasteiger charge is 2.16. The van der Waals surface area contributed by atoms with Crippen LogP contribution in [0, 0.1) is 0 Å². The summed E-state index contributed by atoms with van der Waals surface area (Å²) in [5, 5.41) is 5.71. The second kappa shape index (κ2) is 10.6. The molecule has 6 nitrogen and oxygen atoms in total. The molecule has 0 aliphatic heterocycles. The highest BCUT2D eigenvalue weighted by molar-refractivity contribution is 5.91. The first-order chi connectivity index (χ1) is 11.1. The summed E-state index contributed by atoms with van der Waals surface area (Å²) >= 11 is 0. The lowest BCUT2D eigenvalue weighted by molar-refractivity contribution is -0.881. The van der Waals surface area contributed by atoms with E-state index in [1.165, 1.54) is 0 Å². The molecule has 0 aliphatic carbocycles. The van der Waals surface area contributed by atoms with E-state index in [0.29, 0.717) is 31.1 Å². The van der Waals surface area contributed by atoms with Crippen molar-refractivity contribution >= 4 is 17.5 Å². The van der Waals surface area contributed by atoms with E-state index in [2.05, 4.69) is 17.6 Å². The third-order valence-electron chi connectivity index (χ3n) is 3.53. The number of anilines is 1. The zero-order valence-electron chi connectivity index (χ0n) is 14.3. The van der Waals surface area contributed by atoms with Gasteiger partial charge in [-0.1, -0.05) is 19.4 Å². The van der Waals surface area contributed by atoms with Crippen molar-refractivity contribution in [2.24, 2.45) is 0 Å². The van der Waals surface area contributed by atoms with Gasteiger partial charge in [-0.15, -0.1) is 0 Å². The molecule has 1 aromatic rings. The smallest absolute Gasteiger partial charge is 0.279 e. The maximum Gasteiger partial charge on any atom is 0.279 e. The van der Waals surface area contributed by atoms with Gasteiger partial charge in [0.15, 0.2) is 13.1 Å². The zero-order chi connectivity index (χ0) is 17.1. The summed E-state index contributed by atoms with van der Waals surface area (Å²) in [5.74, 6) is 0.568. The van der Waals surface area contributed by atoms with Crippen LogP contribution in [0.1, 0.15) is 26.7 Å². The number of carbonyl (C=O) groups excluding carboxylic acids is 2. The van der Waals surface area contributed by atoms with Crippen LogP contribution in [0.15, 0.2) is 24.3 Å². The molecule has 23 heavy (non-hydrogen) atoms. The fourth-order valence-corrected chi connectivity index (χ4v) is 2.14. The molecule has 1 unspecified atom stereocenters. The van der Waals surface area contributed by atoms with Gasteiger partial charge in [-0.25, -0.2) is 0 Å². The van der Waals surface area contributed by atoms with E-state index in [0.717, 1.165) is 17.7 Å². The number of quaternary nitrogens is 1. The monoisotopic (exact) mass is 322 g/mol. The fourth-order valence-electron chi connectivity index (χ4n) is 2.14. The number of ether oxygens (including phenoxy) is 1. The molecule has 0 radical (unpaired) electrons. The molecule has 1 rings (SSSR count). The minimum Gasteiger partial charge on any atom is -0.497 e. The number of hydrogen-bond donors (Lipinski definition) is 3. The van der Waals surface area contributed by atoms with Crippen LogP contribution in [0.25, 0.3) is 0 Å². The number of carbonyl (C=O) groups is 2. The summed E-state index contributed by atoms with van der Waals surface area (Å²) in [6.45, 7) is 6.03. The number of amides is 2. The molecule has 128 valence electrons. The van der Waals surface area contributed by atoms with Crippen LogP contribution in [0.4, 0.5) is 5.69 Å². The van der Waals surface area contributed by atoms with Crippen molar-refractivity contribution in [3.8, 4) is 5.75 Å². The molecular formula is C17H28N3O3+. The average molecular weight is 322 g/mol. The molecule has 0 bridgehead atoms. The summed E-state index contributed by atoms with van der Waals surface area (Å²) in [4.78, 5) is 24.9. The lowest BCUT2D eigenvalue weighted by Gasteiger charge is -2.17. The first-order valence-electron chi connectivity index (χ1n) is 8.13. The van der Waals surface area contributed by atoms with Crippen LogP contribution >= 0.6 is 0 Å². The van der Waals surface area contributed by atoms with E-state index in [4.69, 9.17) is 4.74 Å². The molecule has 0 aromatic heterocycles. The summed E-state index contributed by atoms with van der Waals surface area (Å²) < 4.78 is 5.13. The number of unbranched alkanes of at least 4 members (excludes halogenated alkanes) is 1. The van der Waals surface area contributed by atoms with Crippen LogP contribution in [0.2, 0.25) is 0 Å². The van der Waals surface area contributed by atoms with Crippen LogP contribution < -0.4 is 20.3 Å². The number of hydrogen-bond acceptors (Lipinski definition) is 3. The van der Waals surface area contributed by atoms with Crippen molar-refractivity contribution in [2.45, 2.75) is 26.7 Å². The van der Waals surface area contributed by atoms with Gasteiger partial charge < -0.3 is 20.3 Å². The normalized spacial score (nSPS) is 11.6. The Balaban J connectivity index is 2.44. The molecule has 0 fully saturated rings. The van der Waals surface area contributed by atoms with Crippen molar-refractivity contribution in [2.75, 3.05) is 38.6 Å². The van der Waals surface area contributed by atoms with Gasteiger partial charge in [0.2, 0.25) is 0 Å². The molecule has 0 saturated heterocycles. The van der Waals surface area contributed by atoms with Crippen molar-refractivity contribution in [1.82, 2.24) is 5.32 Å². The maximum atomic E-state index is 12.1. The van der Waals surface area contributed by atoms with Gasteiger partial charge in [-0.2, -0.15) is 0 Å². The predicted molar refractivity (Wildman–Crippen MR) is 90.8 cm³/mol. The van der Waals surface area contributed by atoms with Crippen molar-refractivity contribution in [3.05, 3.63) is 24.3 Å². The van der Waals surface area contributed by atoms with Gasteiger partial charge in [0.05, 0.1) is 13.7 Å². The maximum absolute atomic E-state index is 12.1. The van der Waals surface area contributed by atoms with E-state index in [-0.39, 0.29) is 18.4 Å². The Hall–Kier alpha value is -2.08. The SMILES string of the molecule is CCCCNC(=O)C[NH+](CC)CC(=O)Nc1cccc(OC)c1. The van der Waals surface area contributed by atoms with Gasteiger partial charge >= 0.3 is 0 Å². The molecule has 0 spiro atoms. The third-order valence-corrected chi connectivity index (χ3v) is 3.53. The highest BCUT2D eigenvalue weighted by atomic mass is 16.5. The third kappa shape index (κ3) is 7.65. The Bertz CT molecular complexity index is 506. The Kier molecular flexibility index (Phi) is 8.75. The number of likely N-dealkylation sites (N-methyl/N-ethyl adjacent to an activating group) is 1. The molecule has 2 amide bonds. The topological polar surface area (TPSA) is 71.9 Å². The van der Waals surface area contributed by atoms with E-state index in [9.17, 15) is 9.59 Å². The molecule has 0 saturated carbocycles. The first kappa shape index (κ1) is 19.0. The van der Waals surface area contributed by atoms with Gasteiger partial charge in [-0.05, 0) is 25.5 Å². The zero-order valence-corrected chi connectivity index (χ0v) is 14.3. The molecule has 1 aromatic carbocycles. The highest BCUT2D eigenvalue weighted by Crippen LogP contribution is 2.16. The van der Waals surface area contributed by atoms with Crippen molar-refractivity contribution in [1.29, 1.82) is 0 Å². The van der Waals surface area contributed by atoms with Crippen LogP contribution in [0.3, 0.4) is 0 Å². The Morgan fingerprint density at radius 3 is 2.57 bits per heavy atom. The standard InChI is InChI=1S/C17H27N3O3/c1-4-6-10-18-16(21)12-20(5-2)13-17(22)19-14-8-7-9-15(11-14)23-3/h7-9,11H,4-6,10,12-13H2,1-3H3,(H,18,21)(H,19,22)/p+1. The fraction of sp³-hybridized carbons (Fsp3) is 0.529. The first-order valence-corrected chi connectivity index (χ1v) is 8.13.